The van der Waals surface area contributed by atoms with Crippen molar-refractivity contribution in [1.29, 1.82) is 0 Å². The first kappa shape index (κ1) is 38.0. The van der Waals surface area contributed by atoms with Crippen LogP contribution in [-0.4, -0.2) is 64.8 Å². The summed E-state index contributed by atoms with van der Waals surface area (Å²) in [4.78, 5) is 78.4. The molecule has 0 bridgehead atoms. The van der Waals surface area contributed by atoms with Crippen LogP contribution in [0.15, 0.2) is 73.8 Å². The lowest BCUT2D eigenvalue weighted by molar-refractivity contribution is -0.128. The molecule has 1 aromatic heterocycles. The van der Waals surface area contributed by atoms with Crippen LogP contribution < -0.4 is 44.5 Å². The fraction of sp³-hybridized carbons (Fsp3) is 0.333. The van der Waals surface area contributed by atoms with Gasteiger partial charge in [0, 0.05) is 36.3 Å². The third-order valence-corrected chi connectivity index (χ3v) is 7.57. The molecule has 0 unspecified atom stereocenters. The van der Waals surface area contributed by atoms with Crippen LogP contribution in [0.25, 0.3) is 11.0 Å². The topological polar surface area (TPSA) is 313 Å². The van der Waals surface area contributed by atoms with E-state index in [1.165, 1.54) is 18.2 Å². The normalized spacial score (nSPS) is 12.3. The monoisotopic (exact) mass is 701 g/mol. The minimum absolute atomic E-state index is 0.0267. The number of hydrogen-bond donors (Lipinski definition) is 9. The van der Waals surface area contributed by atoms with Crippen LogP contribution >= 0.6 is 7.60 Å². The molecule has 0 fully saturated rings. The lowest BCUT2D eigenvalue weighted by Crippen LogP contribution is -2.52. The number of guanidine groups is 2. The molecule has 0 spiro atoms. The minimum atomic E-state index is -4.51. The number of nitrogens with one attached hydrogen (secondary N) is 3. The lowest BCUT2D eigenvalue weighted by atomic mass is 10.1. The summed E-state index contributed by atoms with van der Waals surface area (Å²) in [5, 5.41) is 8.10. The van der Waals surface area contributed by atoms with Crippen LogP contribution in [0.2, 0.25) is 0 Å². The number of rotatable bonds is 17. The predicted octanol–water partition coefficient (Wildman–Crippen LogP) is 0.296. The number of ether oxygens (including phenoxy) is 1. The number of anilines is 1. The first-order valence-electron chi connectivity index (χ1n) is 15.0. The number of carbonyl (C=O) groups is 3. The number of benzene rings is 2. The molecule has 3 amide bonds. The summed E-state index contributed by atoms with van der Waals surface area (Å²) in [7, 11) is -4.51. The molecule has 0 radical (unpaired) electrons. The van der Waals surface area contributed by atoms with Crippen molar-refractivity contribution >= 4 is 54.1 Å². The number of hydrogen-bond acceptors (Lipinski definition) is 9. The van der Waals surface area contributed by atoms with Crippen molar-refractivity contribution in [1.82, 2.24) is 10.6 Å². The number of aliphatic imine (C=N–C) groups is 2. The fourth-order valence-corrected chi connectivity index (χ4v) is 5.32. The fourth-order valence-electron chi connectivity index (χ4n) is 4.61. The van der Waals surface area contributed by atoms with Gasteiger partial charge in [-0.15, -0.1) is 0 Å². The smallest absolute Gasteiger partial charge is 0.408 e. The van der Waals surface area contributed by atoms with Crippen molar-refractivity contribution in [2.45, 2.75) is 50.5 Å². The molecular formula is C30H40N9O9P. The van der Waals surface area contributed by atoms with Crippen LogP contribution in [-0.2, 0) is 31.7 Å². The number of nitrogens with two attached hydrogens (primary N) is 4. The summed E-state index contributed by atoms with van der Waals surface area (Å²) in [5.41, 5.74) is 21.7. The van der Waals surface area contributed by atoms with Gasteiger partial charge >= 0.3 is 19.3 Å². The molecule has 18 nitrogen and oxygen atoms in total. The quantitative estimate of drug-likeness (QED) is 0.0301. The average molecular weight is 702 g/mol. The van der Waals surface area contributed by atoms with Crippen molar-refractivity contribution in [3.05, 3.63) is 76.1 Å². The van der Waals surface area contributed by atoms with E-state index in [1.54, 1.807) is 24.3 Å². The largest absolute Gasteiger partial charge is 0.445 e. The molecule has 0 saturated heterocycles. The molecule has 13 N–H and O–H groups in total. The summed E-state index contributed by atoms with van der Waals surface area (Å²) in [6, 6.07) is 11.8. The van der Waals surface area contributed by atoms with Gasteiger partial charge < -0.3 is 57.8 Å². The molecule has 19 heteroatoms. The van der Waals surface area contributed by atoms with E-state index >= 15 is 0 Å². The van der Waals surface area contributed by atoms with Gasteiger partial charge in [-0.2, -0.15) is 0 Å². The molecule has 2 atom stereocenters. The Morgan fingerprint density at radius 2 is 1.47 bits per heavy atom. The van der Waals surface area contributed by atoms with E-state index in [0.29, 0.717) is 6.42 Å². The second-order valence-corrected chi connectivity index (χ2v) is 12.5. The van der Waals surface area contributed by atoms with Gasteiger partial charge in [-0.05, 0) is 48.9 Å². The van der Waals surface area contributed by atoms with Crippen LogP contribution in [0, 0.1) is 0 Å². The predicted molar refractivity (Wildman–Crippen MR) is 182 cm³/mol. The van der Waals surface area contributed by atoms with E-state index in [-0.39, 0.29) is 73.1 Å². The molecule has 0 saturated carbocycles. The standard InChI is InChI=1S/C30H40N9O9P/c31-28(32)35-12-4-8-22(26(41)37-20-10-11-21-19(17-49(44,45)46)14-25(40)48-24(21)15-20)38-27(42)23(9-5-13-36-29(33)34)39-30(43)47-16-18-6-2-1-3-7-18/h1-3,6-7,10-11,14-15,22-23H,4-5,8-9,12-13,16-17H2,(H,37,41)(H,38,42)(H,39,43)(H4,31,32,35)(H4,33,34,36)(H2,44,45,46)/t22-,23-/m0/s1. The zero-order chi connectivity index (χ0) is 36.0. The molecule has 0 aliphatic carbocycles. The molecule has 0 aliphatic heterocycles. The third kappa shape index (κ3) is 13.7. The van der Waals surface area contributed by atoms with Gasteiger partial charge in [0.2, 0.25) is 11.8 Å². The number of fused-ring (bicyclic) bond motifs is 1. The van der Waals surface area contributed by atoms with Crippen LogP contribution in [0.4, 0.5) is 10.5 Å². The zero-order valence-electron chi connectivity index (χ0n) is 26.4. The Labute approximate surface area is 280 Å². The molecule has 1 heterocycles. The molecule has 0 aliphatic rings. The van der Waals surface area contributed by atoms with E-state index in [1.807, 2.05) is 6.07 Å². The molecule has 2 aromatic carbocycles. The number of amides is 3. The molecule has 264 valence electrons. The second kappa shape index (κ2) is 18.2. The average Bonchev–Trinajstić information content (AvgIpc) is 3.02. The highest BCUT2D eigenvalue weighted by Crippen LogP contribution is 2.40. The first-order valence-corrected chi connectivity index (χ1v) is 16.8. The Morgan fingerprint density at radius 3 is 2.06 bits per heavy atom. The van der Waals surface area contributed by atoms with Crippen LogP contribution in [0.1, 0.15) is 36.8 Å². The lowest BCUT2D eigenvalue weighted by Gasteiger charge is -2.23. The van der Waals surface area contributed by atoms with Crippen molar-refractivity contribution in [2.24, 2.45) is 32.9 Å². The van der Waals surface area contributed by atoms with Gasteiger partial charge in [-0.1, -0.05) is 30.3 Å². The summed E-state index contributed by atoms with van der Waals surface area (Å²) in [5.74, 6) is -1.66. The van der Waals surface area contributed by atoms with Crippen LogP contribution in [0.5, 0.6) is 0 Å². The van der Waals surface area contributed by atoms with Gasteiger partial charge in [0.05, 0.1) is 6.16 Å². The first-order chi connectivity index (χ1) is 23.2. The molecule has 3 aromatic rings. The molecule has 3 rings (SSSR count). The van der Waals surface area contributed by atoms with Crippen molar-refractivity contribution in [3.63, 3.8) is 0 Å². The van der Waals surface area contributed by atoms with Crippen molar-refractivity contribution in [3.8, 4) is 0 Å². The number of carbonyl (C=O) groups excluding carboxylic acids is 3. The SMILES string of the molecule is NC(N)=NCCC[C@H](NC(=O)OCc1ccccc1)C(=O)N[C@@H](CCCN=C(N)N)C(=O)Nc1ccc2c(CP(=O)(O)O)cc(=O)oc2c1. The van der Waals surface area contributed by atoms with E-state index in [9.17, 15) is 33.5 Å². The van der Waals surface area contributed by atoms with Gasteiger partial charge in [0.15, 0.2) is 11.9 Å². The summed E-state index contributed by atoms with van der Waals surface area (Å²) < 4.78 is 22.1. The minimum Gasteiger partial charge on any atom is -0.445 e. The van der Waals surface area contributed by atoms with E-state index in [0.717, 1.165) is 11.6 Å². The highest BCUT2D eigenvalue weighted by atomic mass is 31.2. The van der Waals surface area contributed by atoms with E-state index in [4.69, 9.17) is 32.1 Å². The molecular weight excluding hydrogens is 661 g/mol. The maximum Gasteiger partial charge on any atom is 0.408 e. The van der Waals surface area contributed by atoms with Crippen LogP contribution in [0.3, 0.4) is 0 Å². The van der Waals surface area contributed by atoms with Gasteiger partial charge in [0.25, 0.3) is 0 Å². The van der Waals surface area contributed by atoms with E-state index in [2.05, 4.69) is 25.9 Å². The van der Waals surface area contributed by atoms with Gasteiger partial charge in [-0.3, -0.25) is 24.1 Å². The maximum atomic E-state index is 13.5. The third-order valence-electron chi connectivity index (χ3n) is 6.82. The molecule has 49 heavy (non-hydrogen) atoms. The maximum absolute atomic E-state index is 13.5. The highest BCUT2D eigenvalue weighted by molar-refractivity contribution is 7.50. The van der Waals surface area contributed by atoms with Crippen molar-refractivity contribution < 1.29 is 37.9 Å². The Bertz CT molecular complexity index is 1770. The Kier molecular flexibility index (Phi) is 14.1. The summed E-state index contributed by atoms with van der Waals surface area (Å²) >= 11 is 0. The highest BCUT2D eigenvalue weighted by Gasteiger charge is 2.27. The Morgan fingerprint density at radius 1 is 0.857 bits per heavy atom. The Hall–Kier alpha value is -5.45. The second-order valence-electron chi connectivity index (χ2n) is 10.8. The van der Waals surface area contributed by atoms with Crippen molar-refractivity contribution in [2.75, 3.05) is 18.4 Å². The number of alkyl carbamates (subject to hydrolysis) is 1. The van der Waals surface area contributed by atoms with Gasteiger partial charge in [-0.25, -0.2) is 9.59 Å². The Balaban J connectivity index is 1.80. The summed E-state index contributed by atoms with van der Waals surface area (Å²) in [6.45, 7) is 0.276. The number of nitrogens with zero attached hydrogens (tertiary/aromatic N) is 2. The van der Waals surface area contributed by atoms with Gasteiger partial charge in [0.1, 0.15) is 24.3 Å². The summed E-state index contributed by atoms with van der Waals surface area (Å²) in [6.07, 6.45) is -0.824. The van der Waals surface area contributed by atoms with E-state index < -0.39 is 49.4 Å². The zero-order valence-corrected chi connectivity index (χ0v) is 27.3.